The number of nitriles is 1. The van der Waals surface area contributed by atoms with E-state index in [1.807, 2.05) is 30.1 Å². The molecule has 6 nitrogen and oxygen atoms in total. The zero-order valence-corrected chi connectivity index (χ0v) is 17.8. The van der Waals surface area contributed by atoms with Gasteiger partial charge in [-0.2, -0.15) is 15.5 Å². The predicted octanol–water partition coefficient (Wildman–Crippen LogP) is 5.48. The van der Waals surface area contributed by atoms with E-state index in [0.717, 1.165) is 63.6 Å². The van der Waals surface area contributed by atoms with Crippen LogP contribution in [-0.4, -0.2) is 20.0 Å². The molecule has 0 amide bonds. The SMILES string of the molecule is Cn1cc2ccc(-c3n[nH]c4ccc(N[C@H]5CCCc6cc(C#N)ccc65)cc34)cc2n1. The Morgan fingerprint density at radius 2 is 2.06 bits per heavy atom. The monoisotopic (exact) mass is 418 g/mol. The summed E-state index contributed by atoms with van der Waals surface area (Å²) in [5.74, 6) is 0. The van der Waals surface area contributed by atoms with Crippen LogP contribution in [-0.2, 0) is 13.5 Å². The maximum atomic E-state index is 9.22. The number of hydrogen-bond donors (Lipinski definition) is 2. The predicted molar refractivity (Wildman–Crippen MR) is 126 cm³/mol. The third-order valence-corrected chi connectivity index (χ3v) is 6.39. The normalized spacial score (nSPS) is 15.6. The Morgan fingerprint density at radius 1 is 1.12 bits per heavy atom. The molecule has 0 unspecified atom stereocenters. The number of benzene rings is 3. The van der Waals surface area contributed by atoms with E-state index in [0.29, 0.717) is 0 Å². The van der Waals surface area contributed by atoms with Crippen molar-refractivity contribution in [3.05, 3.63) is 77.5 Å². The maximum Gasteiger partial charge on any atom is 0.100 e. The average molecular weight is 419 g/mol. The highest BCUT2D eigenvalue weighted by molar-refractivity contribution is 5.96. The van der Waals surface area contributed by atoms with Crippen LogP contribution in [0.15, 0.2) is 60.8 Å². The van der Waals surface area contributed by atoms with Crippen LogP contribution in [0.3, 0.4) is 0 Å². The van der Waals surface area contributed by atoms with Crippen molar-refractivity contribution in [1.29, 1.82) is 5.26 Å². The van der Waals surface area contributed by atoms with Gasteiger partial charge in [0, 0.05) is 35.3 Å². The van der Waals surface area contributed by atoms with E-state index in [2.05, 4.69) is 69.1 Å². The van der Waals surface area contributed by atoms with Crippen molar-refractivity contribution in [1.82, 2.24) is 20.0 Å². The highest BCUT2D eigenvalue weighted by Crippen LogP contribution is 2.35. The number of aryl methyl sites for hydroxylation is 2. The molecule has 0 fully saturated rings. The number of anilines is 1. The van der Waals surface area contributed by atoms with Crippen molar-refractivity contribution in [2.24, 2.45) is 7.05 Å². The summed E-state index contributed by atoms with van der Waals surface area (Å²) < 4.78 is 1.83. The van der Waals surface area contributed by atoms with Crippen molar-refractivity contribution < 1.29 is 0 Å². The standard InChI is InChI=1S/C26H22N6/c1-32-15-19-7-6-18(12-25(19)31-32)26-22-13-20(8-10-24(22)29-30-26)28-23-4-2-3-17-11-16(14-27)5-9-21(17)23/h5-13,15,23,28H,2-4H2,1H3,(H,29,30)/t23-/m0/s1. The number of aromatic nitrogens is 4. The molecule has 2 aromatic heterocycles. The van der Waals surface area contributed by atoms with E-state index < -0.39 is 0 Å². The molecule has 0 spiro atoms. The first-order valence-corrected chi connectivity index (χ1v) is 10.9. The summed E-state index contributed by atoms with van der Waals surface area (Å²) in [5, 5.41) is 27.5. The Kier molecular flexibility index (Phi) is 4.22. The van der Waals surface area contributed by atoms with Gasteiger partial charge in [0.1, 0.15) is 5.69 Å². The largest absolute Gasteiger partial charge is 0.378 e. The summed E-state index contributed by atoms with van der Waals surface area (Å²) in [6.07, 6.45) is 5.24. The Morgan fingerprint density at radius 3 is 2.97 bits per heavy atom. The number of nitrogens with one attached hydrogen (secondary N) is 2. The fourth-order valence-corrected chi connectivity index (χ4v) is 4.85. The van der Waals surface area contributed by atoms with Crippen LogP contribution in [0, 0.1) is 11.3 Å². The molecule has 0 saturated carbocycles. The molecule has 0 saturated heterocycles. The Labute approximate surface area is 185 Å². The number of H-pyrrole nitrogens is 1. The van der Waals surface area contributed by atoms with E-state index >= 15 is 0 Å². The summed E-state index contributed by atoms with van der Waals surface area (Å²) in [4.78, 5) is 0. The lowest BCUT2D eigenvalue weighted by Crippen LogP contribution is -2.17. The van der Waals surface area contributed by atoms with Gasteiger partial charge in [0.15, 0.2) is 0 Å². The second-order valence-electron chi connectivity index (χ2n) is 8.52. The third kappa shape index (κ3) is 3.10. The average Bonchev–Trinajstić information content (AvgIpc) is 3.40. The van der Waals surface area contributed by atoms with E-state index in [1.54, 1.807) is 0 Å². The quantitative estimate of drug-likeness (QED) is 0.407. The maximum absolute atomic E-state index is 9.22. The van der Waals surface area contributed by atoms with Gasteiger partial charge in [-0.05, 0) is 66.8 Å². The molecular weight excluding hydrogens is 396 g/mol. The van der Waals surface area contributed by atoms with Gasteiger partial charge in [0.05, 0.1) is 28.7 Å². The number of fused-ring (bicyclic) bond motifs is 3. The zero-order valence-electron chi connectivity index (χ0n) is 17.8. The lowest BCUT2D eigenvalue weighted by molar-refractivity contribution is 0.600. The molecule has 1 atom stereocenters. The fourth-order valence-electron chi connectivity index (χ4n) is 4.85. The smallest absolute Gasteiger partial charge is 0.100 e. The number of rotatable bonds is 3. The van der Waals surface area contributed by atoms with Crippen molar-refractivity contribution in [3.8, 4) is 17.3 Å². The number of hydrogen-bond acceptors (Lipinski definition) is 4. The van der Waals surface area contributed by atoms with Gasteiger partial charge in [-0.25, -0.2) is 0 Å². The van der Waals surface area contributed by atoms with E-state index in [1.165, 1.54) is 11.1 Å². The first-order valence-electron chi connectivity index (χ1n) is 10.9. The fraction of sp³-hybridized carbons (Fsp3) is 0.192. The van der Waals surface area contributed by atoms with E-state index in [4.69, 9.17) is 0 Å². The van der Waals surface area contributed by atoms with Gasteiger partial charge in [-0.3, -0.25) is 9.78 Å². The molecule has 6 rings (SSSR count). The molecule has 1 aliphatic carbocycles. The summed E-state index contributed by atoms with van der Waals surface area (Å²) in [5.41, 5.74) is 8.33. The molecule has 5 aromatic rings. The first kappa shape index (κ1) is 18.6. The van der Waals surface area contributed by atoms with Crippen LogP contribution in [0.2, 0.25) is 0 Å². The molecule has 0 radical (unpaired) electrons. The molecule has 0 bridgehead atoms. The van der Waals surface area contributed by atoms with Crippen molar-refractivity contribution in [2.75, 3.05) is 5.32 Å². The van der Waals surface area contributed by atoms with Gasteiger partial charge < -0.3 is 5.32 Å². The van der Waals surface area contributed by atoms with Crippen molar-refractivity contribution >= 4 is 27.5 Å². The van der Waals surface area contributed by atoms with Crippen molar-refractivity contribution in [3.63, 3.8) is 0 Å². The van der Waals surface area contributed by atoms with Crippen molar-refractivity contribution in [2.45, 2.75) is 25.3 Å². The van der Waals surface area contributed by atoms with Crippen LogP contribution >= 0.6 is 0 Å². The van der Waals surface area contributed by atoms with Crippen LogP contribution in [0.25, 0.3) is 33.1 Å². The zero-order chi connectivity index (χ0) is 21.7. The van der Waals surface area contributed by atoms with Crippen LogP contribution < -0.4 is 5.32 Å². The van der Waals surface area contributed by atoms with Gasteiger partial charge >= 0.3 is 0 Å². The molecule has 156 valence electrons. The topological polar surface area (TPSA) is 82.3 Å². The Hall–Kier alpha value is -4.11. The van der Waals surface area contributed by atoms with E-state index in [-0.39, 0.29) is 6.04 Å². The van der Waals surface area contributed by atoms with E-state index in [9.17, 15) is 5.26 Å². The summed E-state index contributed by atoms with van der Waals surface area (Å²) >= 11 is 0. The number of aromatic amines is 1. The second-order valence-corrected chi connectivity index (χ2v) is 8.52. The van der Waals surface area contributed by atoms with Crippen LogP contribution in [0.1, 0.15) is 35.6 Å². The molecular formula is C26H22N6. The second kappa shape index (κ2) is 7.24. The van der Waals surface area contributed by atoms with Gasteiger partial charge in [-0.15, -0.1) is 0 Å². The third-order valence-electron chi connectivity index (χ3n) is 6.39. The first-order chi connectivity index (χ1) is 15.7. The molecule has 6 heteroatoms. The minimum Gasteiger partial charge on any atom is -0.378 e. The summed E-state index contributed by atoms with van der Waals surface area (Å²) in [7, 11) is 1.94. The molecule has 3 aromatic carbocycles. The molecule has 2 N–H and O–H groups in total. The molecule has 32 heavy (non-hydrogen) atoms. The number of nitrogens with zero attached hydrogens (tertiary/aromatic N) is 4. The highest BCUT2D eigenvalue weighted by atomic mass is 15.2. The highest BCUT2D eigenvalue weighted by Gasteiger charge is 2.21. The molecule has 2 heterocycles. The van der Waals surface area contributed by atoms with Crippen LogP contribution in [0.5, 0.6) is 0 Å². The van der Waals surface area contributed by atoms with Gasteiger partial charge in [0.25, 0.3) is 0 Å². The lowest BCUT2D eigenvalue weighted by Gasteiger charge is -2.27. The minimum atomic E-state index is 0.240. The summed E-state index contributed by atoms with van der Waals surface area (Å²) in [6.45, 7) is 0. The Bertz CT molecular complexity index is 1520. The summed E-state index contributed by atoms with van der Waals surface area (Å²) in [6, 6.07) is 21.2. The molecule has 1 aliphatic rings. The minimum absolute atomic E-state index is 0.240. The van der Waals surface area contributed by atoms with Gasteiger partial charge in [0.2, 0.25) is 0 Å². The van der Waals surface area contributed by atoms with Gasteiger partial charge in [-0.1, -0.05) is 18.2 Å². The van der Waals surface area contributed by atoms with Crippen LogP contribution in [0.4, 0.5) is 5.69 Å². The Balaban J connectivity index is 1.36. The molecule has 0 aliphatic heterocycles. The lowest BCUT2D eigenvalue weighted by atomic mass is 9.86.